The maximum atomic E-state index is 12.1. The summed E-state index contributed by atoms with van der Waals surface area (Å²) in [6.07, 6.45) is 2.25. The van der Waals surface area contributed by atoms with Crippen LogP contribution in [-0.2, 0) is 4.79 Å². The second-order valence-corrected chi connectivity index (χ2v) is 6.09. The van der Waals surface area contributed by atoms with Crippen molar-refractivity contribution in [1.82, 2.24) is 9.80 Å². The number of rotatable bonds is 4. The summed E-state index contributed by atoms with van der Waals surface area (Å²) in [6, 6.07) is 6.19. The van der Waals surface area contributed by atoms with E-state index >= 15 is 0 Å². The summed E-state index contributed by atoms with van der Waals surface area (Å²) in [4.78, 5) is 16.6. The summed E-state index contributed by atoms with van der Waals surface area (Å²) in [7, 11) is 4.24. The number of hydrogen-bond acceptors (Lipinski definition) is 4. The molecule has 0 atom stereocenters. The van der Waals surface area contributed by atoms with E-state index in [0.717, 1.165) is 42.9 Å². The van der Waals surface area contributed by atoms with Crippen LogP contribution in [0.1, 0.15) is 18.4 Å². The molecule has 5 heteroatoms. The molecule has 0 unspecified atom stereocenters. The number of hydrogen-bond donors (Lipinski definition) is 2. The topological polar surface area (TPSA) is 61.6 Å². The van der Waals surface area contributed by atoms with Gasteiger partial charge in [-0.2, -0.15) is 0 Å². The smallest absolute Gasteiger partial charge is 0.238 e. The molecule has 1 saturated heterocycles. The summed E-state index contributed by atoms with van der Waals surface area (Å²) in [5, 5.41) is 2.97. The summed E-state index contributed by atoms with van der Waals surface area (Å²) >= 11 is 0. The van der Waals surface area contributed by atoms with Gasteiger partial charge >= 0.3 is 0 Å². The molecule has 5 nitrogen and oxygen atoms in total. The summed E-state index contributed by atoms with van der Waals surface area (Å²) in [5.74, 6) is 0.0474. The number of benzene rings is 1. The molecular formula is C16H26N4O. The first kappa shape index (κ1) is 15.8. The number of nitrogens with zero attached hydrogens (tertiary/aromatic N) is 2. The lowest BCUT2D eigenvalue weighted by molar-refractivity contribution is -0.117. The molecule has 2 rings (SSSR count). The Hall–Kier alpha value is -1.59. The highest BCUT2D eigenvalue weighted by atomic mass is 16.2. The molecule has 1 fully saturated rings. The van der Waals surface area contributed by atoms with Crippen LogP contribution in [-0.4, -0.2) is 55.5 Å². The number of aryl methyl sites for hydroxylation is 1. The third-order valence-electron chi connectivity index (χ3n) is 4.18. The predicted molar refractivity (Wildman–Crippen MR) is 87.4 cm³/mol. The lowest BCUT2D eigenvalue weighted by atomic mass is 10.0. The molecule has 3 N–H and O–H groups in total. The van der Waals surface area contributed by atoms with Gasteiger partial charge < -0.3 is 16.0 Å². The van der Waals surface area contributed by atoms with Crippen LogP contribution >= 0.6 is 0 Å². The van der Waals surface area contributed by atoms with Crippen LogP contribution < -0.4 is 11.1 Å². The van der Waals surface area contributed by atoms with Gasteiger partial charge in [0.15, 0.2) is 0 Å². The molecular weight excluding hydrogens is 264 g/mol. The van der Waals surface area contributed by atoms with Crippen LogP contribution in [0.15, 0.2) is 18.2 Å². The fourth-order valence-electron chi connectivity index (χ4n) is 2.81. The minimum Gasteiger partial charge on any atom is -0.399 e. The van der Waals surface area contributed by atoms with Crippen LogP contribution in [0.5, 0.6) is 0 Å². The van der Waals surface area contributed by atoms with Gasteiger partial charge in [0.25, 0.3) is 0 Å². The Bertz CT molecular complexity index is 493. The average molecular weight is 290 g/mol. The molecule has 1 heterocycles. The van der Waals surface area contributed by atoms with Crippen LogP contribution in [0.25, 0.3) is 0 Å². The van der Waals surface area contributed by atoms with Gasteiger partial charge in [-0.25, -0.2) is 0 Å². The second kappa shape index (κ2) is 6.91. The Kier molecular flexibility index (Phi) is 5.20. The van der Waals surface area contributed by atoms with Crippen molar-refractivity contribution >= 4 is 17.3 Å². The van der Waals surface area contributed by atoms with Gasteiger partial charge in [0.05, 0.1) is 6.54 Å². The second-order valence-electron chi connectivity index (χ2n) is 6.09. The van der Waals surface area contributed by atoms with Gasteiger partial charge in [-0.1, -0.05) is 0 Å². The van der Waals surface area contributed by atoms with E-state index in [9.17, 15) is 4.79 Å². The van der Waals surface area contributed by atoms with Crippen LogP contribution in [0, 0.1) is 6.92 Å². The van der Waals surface area contributed by atoms with Gasteiger partial charge in [0, 0.05) is 30.5 Å². The predicted octanol–water partition coefficient (Wildman–Crippen LogP) is 1.54. The Morgan fingerprint density at radius 1 is 1.38 bits per heavy atom. The van der Waals surface area contributed by atoms with Crippen molar-refractivity contribution in [3.8, 4) is 0 Å². The van der Waals surface area contributed by atoms with Crippen LogP contribution in [0.4, 0.5) is 11.4 Å². The molecule has 0 bridgehead atoms. The SMILES string of the molecule is Cc1cc(N)ccc1NC(=O)CN1CCC(N(C)C)CC1. The lowest BCUT2D eigenvalue weighted by Gasteiger charge is -2.34. The highest BCUT2D eigenvalue weighted by Crippen LogP contribution is 2.18. The fourth-order valence-corrected chi connectivity index (χ4v) is 2.81. The number of amides is 1. The largest absolute Gasteiger partial charge is 0.399 e. The molecule has 1 aromatic carbocycles. The first-order valence-electron chi connectivity index (χ1n) is 7.50. The molecule has 116 valence electrons. The Morgan fingerprint density at radius 2 is 2.05 bits per heavy atom. The van der Waals surface area contributed by atoms with Gasteiger partial charge in [-0.3, -0.25) is 9.69 Å². The Morgan fingerprint density at radius 3 is 2.62 bits per heavy atom. The van der Waals surface area contributed by atoms with E-state index in [2.05, 4.69) is 29.2 Å². The Balaban J connectivity index is 1.83. The van der Waals surface area contributed by atoms with Crippen LogP contribution in [0.2, 0.25) is 0 Å². The fraction of sp³-hybridized carbons (Fsp3) is 0.562. The van der Waals surface area contributed by atoms with Crippen molar-refractivity contribution < 1.29 is 4.79 Å². The zero-order valence-corrected chi connectivity index (χ0v) is 13.2. The molecule has 1 aliphatic heterocycles. The van der Waals surface area contributed by atoms with Gasteiger partial charge in [0.1, 0.15) is 0 Å². The molecule has 21 heavy (non-hydrogen) atoms. The zero-order valence-electron chi connectivity index (χ0n) is 13.2. The summed E-state index contributed by atoms with van der Waals surface area (Å²) in [5.41, 5.74) is 8.28. The Labute approximate surface area is 127 Å². The highest BCUT2D eigenvalue weighted by Gasteiger charge is 2.22. The molecule has 0 radical (unpaired) electrons. The van der Waals surface area contributed by atoms with Crippen molar-refractivity contribution in [2.24, 2.45) is 0 Å². The van der Waals surface area contributed by atoms with E-state index < -0.39 is 0 Å². The lowest BCUT2D eigenvalue weighted by Crippen LogP contribution is -2.44. The minimum absolute atomic E-state index is 0.0474. The summed E-state index contributed by atoms with van der Waals surface area (Å²) < 4.78 is 0. The number of likely N-dealkylation sites (tertiary alicyclic amines) is 1. The van der Waals surface area contributed by atoms with E-state index in [1.165, 1.54) is 0 Å². The number of carbonyl (C=O) groups excluding carboxylic acids is 1. The highest BCUT2D eigenvalue weighted by molar-refractivity contribution is 5.93. The maximum Gasteiger partial charge on any atom is 0.238 e. The van der Waals surface area contributed by atoms with Gasteiger partial charge in [0.2, 0.25) is 5.91 Å². The first-order valence-corrected chi connectivity index (χ1v) is 7.50. The maximum absolute atomic E-state index is 12.1. The number of piperidine rings is 1. The molecule has 1 aromatic rings. The molecule has 0 saturated carbocycles. The van der Waals surface area contributed by atoms with E-state index in [0.29, 0.717) is 12.6 Å². The number of nitrogens with one attached hydrogen (secondary N) is 1. The number of nitrogen functional groups attached to an aromatic ring is 1. The molecule has 1 amide bonds. The number of anilines is 2. The average Bonchev–Trinajstić information content (AvgIpc) is 2.42. The van der Waals surface area contributed by atoms with Crippen molar-refractivity contribution in [1.29, 1.82) is 0 Å². The van der Waals surface area contributed by atoms with Crippen molar-refractivity contribution in [2.75, 3.05) is 44.8 Å². The molecule has 1 aliphatic rings. The molecule has 0 spiro atoms. The molecule has 0 aliphatic carbocycles. The summed E-state index contributed by atoms with van der Waals surface area (Å²) in [6.45, 7) is 4.38. The van der Waals surface area contributed by atoms with E-state index in [1.807, 2.05) is 25.1 Å². The van der Waals surface area contributed by atoms with E-state index in [4.69, 9.17) is 5.73 Å². The number of carbonyl (C=O) groups is 1. The van der Waals surface area contributed by atoms with Crippen LogP contribution in [0.3, 0.4) is 0 Å². The first-order chi connectivity index (χ1) is 9.95. The third-order valence-corrected chi connectivity index (χ3v) is 4.18. The van der Waals surface area contributed by atoms with E-state index in [1.54, 1.807) is 0 Å². The minimum atomic E-state index is 0.0474. The number of nitrogens with two attached hydrogens (primary N) is 1. The monoisotopic (exact) mass is 290 g/mol. The van der Waals surface area contributed by atoms with Gasteiger partial charge in [-0.15, -0.1) is 0 Å². The van der Waals surface area contributed by atoms with Gasteiger partial charge in [-0.05, 0) is 57.6 Å². The third kappa shape index (κ3) is 4.44. The normalized spacial score (nSPS) is 17.1. The zero-order chi connectivity index (χ0) is 15.4. The quantitative estimate of drug-likeness (QED) is 0.826. The van der Waals surface area contributed by atoms with E-state index in [-0.39, 0.29) is 5.91 Å². The van der Waals surface area contributed by atoms with Crippen molar-refractivity contribution in [3.63, 3.8) is 0 Å². The standard InChI is InChI=1S/C16H26N4O/c1-12-10-13(17)4-5-15(12)18-16(21)11-20-8-6-14(7-9-20)19(2)3/h4-5,10,14H,6-9,11,17H2,1-3H3,(H,18,21). The van der Waals surface area contributed by atoms with Crippen molar-refractivity contribution in [2.45, 2.75) is 25.8 Å². The van der Waals surface area contributed by atoms with Crippen molar-refractivity contribution in [3.05, 3.63) is 23.8 Å². The molecule has 0 aromatic heterocycles.